The predicted octanol–water partition coefficient (Wildman–Crippen LogP) is 3.56. The molecule has 1 nitrogen and oxygen atoms in total. The molecular formula is C17H17N. The average Bonchev–Trinajstić information content (AvgIpc) is 2.46. The maximum absolute atomic E-state index is 3.23. The zero-order valence-electron chi connectivity index (χ0n) is 10.6. The third-order valence-electron chi connectivity index (χ3n) is 2.78. The molecule has 90 valence electrons. The van der Waals surface area contributed by atoms with Gasteiger partial charge in [-0.05, 0) is 31.2 Å². The number of anilines is 1. The third-order valence-corrected chi connectivity index (χ3v) is 2.78. The number of para-hydroxylation sites is 1. The molecule has 2 aromatic rings. The number of nitrogens with zero attached hydrogens (tertiary/aromatic N) is 1. The van der Waals surface area contributed by atoms with E-state index in [1.54, 1.807) is 0 Å². The van der Waals surface area contributed by atoms with Gasteiger partial charge < -0.3 is 4.90 Å². The van der Waals surface area contributed by atoms with Crippen LogP contribution >= 0.6 is 0 Å². The van der Waals surface area contributed by atoms with Gasteiger partial charge in [0.05, 0.1) is 6.54 Å². The van der Waals surface area contributed by atoms with E-state index in [-0.39, 0.29) is 0 Å². The van der Waals surface area contributed by atoms with E-state index in [4.69, 9.17) is 0 Å². The first-order chi connectivity index (χ1) is 8.90. The zero-order chi connectivity index (χ0) is 12.6. The van der Waals surface area contributed by atoms with Crippen LogP contribution in [0.3, 0.4) is 0 Å². The summed E-state index contributed by atoms with van der Waals surface area (Å²) < 4.78 is 0. The highest BCUT2D eigenvalue weighted by Gasteiger charge is 1.99. The summed E-state index contributed by atoms with van der Waals surface area (Å²) in [6.45, 7) is 3.88. The molecule has 0 N–H and O–H groups in total. The van der Waals surface area contributed by atoms with Crippen LogP contribution in [-0.2, 0) is 0 Å². The van der Waals surface area contributed by atoms with Gasteiger partial charge in [-0.3, -0.25) is 0 Å². The summed E-state index contributed by atoms with van der Waals surface area (Å²) in [4.78, 5) is 2.26. The lowest BCUT2D eigenvalue weighted by molar-refractivity contribution is 0.918. The van der Waals surface area contributed by atoms with Gasteiger partial charge >= 0.3 is 0 Å². The predicted molar refractivity (Wildman–Crippen MR) is 77.6 cm³/mol. The fourth-order valence-corrected chi connectivity index (χ4v) is 1.78. The van der Waals surface area contributed by atoms with E-state index in [1.807, 2.05) is 36.4 Å². The highest BCUT2D eigenvalue weighted by molar-refractivity contribution is 5.47. The van der Waals surface area contributed by atoms with Crippen LogP contribution in [-0.4, -0.2) is 13.1 Å². The van der Waals surface area contributed by atoms with Crippen molar-refractivity contribution in [3.8, 4) is 11.8 Å². The van der Waals surface area contributed by atoms with Crippen molar-refractivity contribution in [1.29, 1.82) is 0 Å². The smallest absolute Gasteiger partial charge is 0.0797 e. The summed E-state index contributed by atoms with van der Waals surface area (Å²) in [5, 5.41) is 0. The van der Waals surface area contributed by atoms with Crippen molar-refractivity contribution in [3.63, 3.8) is 0 Å². The van der Waals surface area contributed by atoms with Gasteiger partial charge in [0.2, 0.25) is 0 Å². The minimum atomic E-state index is 0.759. The summed E-state index contributed by atoms with van der Waals surface area (Å²) in [5.74, 6) is 6.41. The summed E-state index contributed by atoms with van der Waals surface area (Å²) in [6, 6.07) is 20.5. The molecule has 2 aromatic carbocycles. The molecular weight excluding hydrogens is 218 g/mol. The lowest BCUT2D eigenvalue weighted by Gasteiger charge is -2.19. The molecule has 0 aromatic heterocycles. The van der Waals surface area contributed by atoms with Crippen LogP contribution in [0.25, 0.3) is 0 Å². The van der Waals surface area contributed by atoms with Gasteiger partial charge in [-0.25, -0.2) is 0 Å². The Bertz CT molecular complexity index is 520. The number of rotatable bonds is 3. The molecule has 0 amide bonds. The van der Waals surface area contributed by atoms with Crippen molar-refractivity contribution >= 4 is 5.69 Å². The van der Waals surface area contributed by atoms with Crippen LogP contribution in [0.4, 0.5) is 5.69 Å². The van der Waals surface area contributed by atoms with E-state index < -0.39 is 0 Å². The SMILES string of the molecule is CCN(CC#Cc1ccccc1)c1ccccc1. The lowest BCUT2D eigenvalue weighted by Crippen LogP contribution is -2.22. The minimum Gasteiger partial charge on any atom is -0.361 e. The molecule has 0 aliphatic rings. The van der Waals surface area contributed by atoms with Crippen LogP contribution in [0.15, 0.2) is 60.7 Å². The van der Waals surface area contributed by atoms with E-state index in [2.05, 4.69) is 47.9 Å². The van der Waals surface area contributed by atoms with Crippen LogP contribution in [0.5, 0.6) is 0 Å². The van der Waals surface area contributed by atoms with Gasteiger partial charge in [0, 0.05) is 17.8 Å². The fourth-order valence-electron chi connectivity index (χ4n) is 1.78. The van der Waals surface area contributed by atoms with E-state index >= 15 is 0 Å². The Morgan fingerprint density at radius 3 is 2.11 bits per heavy atom. The number of hydrogen-bond acceptors (Lipinski definition) is 1. The molecule has 0 fully saturated rings. The standard InChI is InChI=1S/C17H17N/c1-2-18(17-13-7-4-8-14-17)15-9-12-16-10-5-3-6-11-16/h3-8,10-11,13-14H,2,15H2,1H3. The molecule has 0 bridgehead atoms. The van der Waals surface area contributed by atoms with Gasteiger partial charge in [0.15, 0.2) is 0 Å². The Labute approximate surface area is 109 Å². The van der Waals surface area contributed by atoms with Crippen molar-refractivity contribution in [3.05, 3.63) is 66.2 Å². The summed E-state index contributed by atoms with van der Waals surface area (Å²) in [5.41, 5.74) is 2.30. The zero-order valence-corrected chi connectivity index (χ0v) is 10.6. The second-order valence-electron chi connectivity index (χ2n) is 4.02. The molecule has 18 heavy (non-hydrogen) atoms. The first kappa shape index (κ1) is 12.3. The molecule has 1 heteroatoms. The molecule has 0 spiro atoms. The van der Waals surface area contributed by atoms with E-state index in [0.29, 0.717) is 0 Å². The maximum atomic E-state index is 3.23. The Balaban J connectivity index is 2.03. The first-order valence-electron chi connectivity index (χ1n) is 6.24. The second kappa shape index (κ2) is 6.51. The average molecular weight is 235 g/mol. The summed E-state index contributed by atoms with van der Waals surface area (Å²) >= 11 is 0. The van der Waals surface area contributed by atoms with E-state index in [9.17, 15) is 0 Å². The largest absolute Gasteiger partial charge is 0.361 e. The van der Waals surface area contributed by atoms with Gasteiger partial charge in [-0.2, -0.15) is 0 Å². The molecule has 0 saturated heterocycles. The van der Waals surface area contributed by atoms with Crippen molar-refractivity contribution < 1.29 is 0 Å². The monoisotopic (exact) mass is 235 g/mol. The second-order valence-corrected chi connectivity index (χ2v) is 4.02. The summed E-state index contributed by atoms with van der Waals surface area (Å²) in [7, 11) is 0. The quantitative estimate of drug-likeness (QED) is 0.735. The highest BCUT2D eigenvalue weighted by atomic mass is 15.1. The van der Waals surface area contributed by atoms with E-state index in [1.165, 1.54) is 5.69 Å². The molecule has 0 atom stereocenters. The van der Waals surface area contributed by atoms with Crippen molar-refractivity contribution in [2.75, 3.05) is 18.0 Å². The van der Waals surface area contributed by atoms with Crippen LogP contribution < -0.4 is 4.90 Å². The Morgan fingerprint density at radius 1 is 0.889 bits per heavy atom. The molecule has 2 rings (SSSR count). The lowest BCUT2D eigenvalue weighted by atomic mass is 10.2. The van der Waals surface area contributed by atoms with Gasteiger partial charge in [0.1, 0.15) is 0 Å². The molecule has 0 aliphatic heterocycles. The minimum absolute atomic E-state index is 0.759. The van der Waals surface area contributed by atoms with Gasteiger partial charge in [-0.1, -0.05) is 48.2 Å². The molecule has 0 heterocycles. The topological polar surface area (TPSA) is 3.24 Å². The van der Waals surface area contributed by atoms with Gasteiger partial charge in [0.25, 0.3) is 0 Å². The van der Waals surface area contributed by atoms with Crippen LogP contribution in [0, 0.1) is 11.8 Å². The number of hydrogen-bond donors (Lipinski definition) is 0. The Kier molecular flexibility index (Phi) is 4.44. The Morgan fingerprint density at radius 2 is 1.50 bits per heavy atom. The third kappa shape index (κ3) is 3.40. The van der Waals surface area contributed by atoms with Crippen molar-refractivity contribution in [2.24, 2.45) is 0 Å². The van der Waals surface area contributed by atoms with Crippen LogP contribution in [0.2, 0.25) is 0 Å². The highest BCUT2D eigenvalue weighted by Crippen LogP contribution is 2.11. The Hall–Kier alpha value is -2.20. The van der Waals surface area contributed by atoms with Crippen molar-refractivity contribution in [1.82, 2.24) is 0 Å². The van der Waals surface area contributed by atoms with E-state index in [0.717, 1.165) is 18.7 Å². The van der Waals surface area contributed by atoms with Crippen molar-refractivity contribution in [2.45, 2.75) is 6.92 Å². The normalized spacial score (nSPS) is 9.39. The summed E-state index contributed by atoms with van der Waals surface area (Å²) in [6.07, 6.45) is 0. The molecule has 0 saturated carbocycles. The maximum Gasteiger partial charge on any atom is 0.0797 e. The molecule has 0 aliphatic carbocycles. The number of benzene rings is 2. The first-order valence-corrected chi connectivity index (χ1v) is 6.24. The molecule has 0 radical (unpaired) electrons. The van der Waals surface area contributed by atoms with Gasteiger partial charge in [-0.15, -0.1) is 0 Å². The molecule has 0 unspecified atom stereocenters. The van der Waals surface area contributed by atoms with Crippen LogP contribution in [0.1, 0.15) is 12.5 Å². The fraction of sp³-hybridized carbons (Fsp3) is 0.176.